The van der Waals surface area contributed by atoms with E-state index in [2.05, 4.69) is 40.7 Å². The summed E-state index contributed by atoms with van der Waals surface area (Å²) < 4.78 is 92.8. The van der Waals surface area contributed by atoms with E-state index in [0.29, 0.717) is 92.2 Å². The molecule has 6 heterocycles. The van der Waals surface area contributed by atoms with Gasteiger partial charge in [-0.25, -0.2) is 26.4 Å². The largest absolute Gasteiger partial charge is 0.497 e. The lowest BCUT2D eigenvalue weighted by atomic mass is 10.0. The second-order valence-electron chi connectivity index (χ2n) is 28.9. The van der Waals surface area contributed by atoms with Crippen LogP contribution >= 0.6 is 11.6 Å². The number of ether oxygens (including phenoxy) is 5. The van der Waals surface area contributed by atoms with Crippen LogP contribution in [0.5, 0.6) is 17.6 Å². The topological polar surface area (TPSA) is 402 Å². The maximum absolute atomic E-state index is 14.3. The molecule has 6 fully saturated rings. The van der Waals surface area contributed by atoms with Crippen LogP contribution < -0.4 is 44.9 Å². The van der Waals surface area contributed by atoms with Crippen LogP contribution in [-0.4, -0.2) is 186 Å². The minimum absolute atomic E-state index is 0.0113. The standard InChI is InChI=1S/C34H45N5O10S.C26H40N4O8S.C8H6ClNO2/c1-33(2,3)49-31(43)35-24-11-9-7-5-6-8-10-20-18-34(20,30(42)38-50(44,45)23-13-14-23)37-28(40)26-17-22(19-39(26)29(24)41)47-32-36-25-16-21(46-4)12-15-27(25)48-32;1-25(2,3)38-24(35)27-19-10-8-6-4-5-7-9-16-14-26(16,23(34)29-39(36,37)18-11-12-18)28-21(32)20-13-17(31)15-30(20)22(19)33;1-11-5-2-3-7-6(4-5)10-8(9)12-7/h8,10,12,15-16,20,22-24,26H,5-7,9,11,13-14,17-19H2,1-4H3,(H,35,43)(H,37,40)(H,38,42);7,9,16-20,31H,4-6,8,10-15H2,1-3H3,(H,27,35)(H,28,32)(H,29,34);2-4H,1H3/b10-8-;9-7-;/t20-,22-,24+,26+,34-;16-,17-,19+,20+,26-;/m11./s1. The van der Waals surface area contributed by atoms with Gasteiger partial charge in [0.2, 0.25) is 43.7 Å². The van der Waals surface area contributed by atoms with E-state index in [1.807, 2.05) is 24.3 Å². The van der Waals surface area contributed by atoms with E-state index in [-0.39, 0.29) is 50.2 Å². The van der Waals surface area contributed by atoms with Gasteiger partial charge in [-0.05, 0) is 154 Å². The third kappa shape index (κ3) is 19.3. The highest BCUT2D eigenvalue weighted by Crippen LogP contribution is 2.48. The first kappa shape index (κ1) is 75.4. The molecule has 0 radical (unpaired) electrons. The summed E-state index contributed by atoms with van der Waals surface area (Å²) >= 11 is 5.56. The highest BCUT2D eigenvalue weighted by atomic mass is 35.5. The fourth-order valence-electron chi connectivity index (χ4n) is 12.7. The first-order valence-corrected chi connectivity index (χ1v) is 37.7. The Morgan fingerprint density at radius 1 is 0.614 bits per heavy atom. The van der Waals surface area contributed by atoms with Crippen LogP contribution in [0.4, 0.5) is 9.59 Å². The monoisotopic (exact) mass is 1470 g/mol. The van der Waals surface area contributed by atoms with Crippen molar-refractivity contribution in [3.8, 4) is 17.6 Å². The van der Waals surface area contributed by atoms with Crippen LogP contribution in [0.1, 0.15) is 157 Å². The Morgan fingerprint density at radius 2 is 1.06 bits per heavy atom. The first-order valence-electron chi connectivity index (χ1n) is 34.3. The minimum atomic E-state index is -3.88. The molecule has 7 N–H and O–H groups in total. The SMILES string of the molecule is CC(C)(C)OC(=O)N[C@H]1CCCCC/C=C\[C@@H]2C[C@@]2(C(=O)NS(=O)(=O)C2CC2)NC(=O)[C@@H]2C[C@@H](O)CN2C1=O.COc1ccc2oc(Cl)nc2c1.COc1ccc2oc(O[C@@H]3C[C@H]4C(=O)N[C@]5(C(=O)NS(=O)(=O)C6CC6)C[C@H]5/C=C\CCCCC[C@H](NC(=O)OC(C)(C)C)C(=O)N4C3)nc2c1. The van der Waals surface area contributed by atoms with Gasteiger partial charge in [0.1, 0.15) is 75.1 Å². The summed E-state index contributed by atoms with van der Waals surface area (Å²) in [7, 11) is -4.58. The first-order chi connectivity index (χ1) is 47.7. The quantitative estimate of drug-likeness (QED) is 0.0752. The zero-order valence-electron chi connectivity index (χ0n) is 57.9. The highest BCUT2D eigenvalue weighted by molar-refractivity contribution is 7.91. The number of benzene rings is 2. The van der Waals surface area contributed by atoms with Crippen molar-refractivity contribution in [3.63, 3.8) is 0 Å². The number of hydrogen-bond acceptors (Lipinski definition) is 22. The van der Waals surface area contributed by atoms with Gasteiger partial charge in [0.05, 0.1) is 37.4 Å². The van der Waals surface area contributed by atoms with Gasteiger partial charge in [-0.1, -0.05) is 50.0 Å². The number of halogens is 1. The number of aromatic nitrogens is 2. The number of methoxy groups -OCH3 is 2. The summed E-state index contributed by atoms with van der Waals surface area (Å²) in [6.07, 6.45) is 13.0. The predicted octanol–water partition coefficient (Wildman–Crippen LogP) is 6.42. The number of aliphatic hydroxyl groups excluding tert-OH is 1. The lowest BCUT2D eigenvalue weighted by Gasteiger charge is -2.30. The second-order valence-corrected chi connectivity index (χ2v) is 33.2. The maximum Gasteiger partial charge on any atom is 0.408 e. The Bertz CT molecular complexity index is 4070. The van der Waals surface area contributed by atoms with E-state index < -0.39 is 149 Å². The number of nitrogens with zero attached hydrogens (tertiary/aromatic N) is 4. The number of aliphatic hydroxyl groups is 1. The highest BCUT2D eigenvalue weighted by Gasteiger charge is 2.64. The van der Waals surface area contributed by atoms with E-state index in [9.17, 15) is 60.3 Å². The number of amides is 8. The van der Waals surface area contributed by atoms with Gasteiger partial charge in [0, 0.05) is 43.4 Å². The van der Waals surface area contributed by atoms with Crippen LogP contribution in [0.2, 0.25) is 5.35 Å². The van der Waals surface area contributed by atoms with E-state index in [1.165, 1.54) is 16.9 Å². The van der Waals surface area contributed by atoms with Gasteiger partial charge in [-0.15, -0.1) is 0 Å². The van der Waals surface area contributed by atoms with Gasteiger partial charge < -0.3 is 68.7 Å². The summed E-state index contributed by atoms with van der Waals surface area (Å²) in [5.41, 5.74) is -2.21. The molecule has 10 atom stereocenters. The Balaban J connectivity index is 0.000000190. The van der Waals surface area contributed by atoms with Crippen LogP contribution in [0.3, 0.4) is 0 Å². The average molecular weight is 1470 g/mol. The van der Waals surface area contributed by atoms with Gasteiger partial charge in [0.15, 0.2) is 11.2 Å². The van der Waals surface area contributed by atoms with Crippen LogP contribution in [0, 0.1) is 11.8 Å². The van der Waals surface area contributed by atoms with Crippen molar-refractivity contribution < 1.29 is 92.8 Å². The number of oxazole rings is 2. The maximum atomic E-state index is 14.3. The number of nitrogens with one attached hydrogen (secondary N) is 6. The van der Waals surface area contributed by atoms with Gasteiger partial charge in [-0.2, -0.15) is 9.97 Å². The number of carbonyl (C=O) groups is 8. The third-order valence-corrected chi connectivity index (χ3v) is 22.3. The molecule has 12 rings (SSSR count). The van der Waals surface area contributed by atoms with Crippen molar-refractivity contribution in [1.82, 2.24) is 50.5 Å². The summed E-state index contributed by atoms with van der Waals surface area (Å²) in [4.78, 5) is 119. The molecule has 8 aliphatic rings. The Hall–Kier alpha value is -8.23. The second kappa shape index (κ2) is 30.8. The Labute approximate surface area is 590 Å². The van der Waals surface area contributed by atoms with Crippen molar-refractivity contribution >= 4 is 101 Å². The van der Waals surface area contributed by atoms with Crippen molar-refractivity contribution in [2.45, 2.75) is 226 Å². The predicted molar refractivity (Wildman–Crippen MR) is 366 cm³/mol. The number of sulfonamides is 2. The molecule has 552 valence electrons. The molecule has 33 heteroatoms. The minimum Gasteiger partial charge on any atom is -0.497 e. The van der Waals surface area contributed by atoms with Crippen molar-refractivity contribution in [2.75, 3.05) is 27.3 Å². The van der Waals surface area contributed by atoms with Gasteiger partial charge >= 0.3 is 18.3 Å². The molecule has 2 saturated heterocycles. The fourth-order valence-corrected chi connectivity index (χ4v) is 15.6. The van der Waals surface area contributed by atoms with E-state index in [1.54, 1.807) is 85.1 Å². The number of rotatable bonds is 12. The van der Waals surface area contributed by atoms with Crippen molar-refractivity contribution in [1.29, 1.82) is 0 Å². The molecule has 2 aromatic carbocycles. The fraction of sp³-hybridized carbons (Fsp3) is 0.618. The van der Waals surface area contributed by atoms with Gasteiger partial charge in [-0.3, -0.25) is 38.2 Å². The summed E-state index contributed by atoms with van der Waals surface area (Å²) in [5, 5.41) is 20.2. The number of carbonyl (C=O) groups excluding carboxylic acids is 8. The molecule has 8 amide bonds. The molecule has 30 nitrogen and oxygen atoms in total. The van der Waals surface area contributed by atoms with Crippen LogP contribution in [0.25, 0.3) is 22.2 Å². The molecule has 4 aromatic rings. The lowest BCUT2D eigenvalue weighted by Crippen LogP contribution is -2.58. The summed E-state index contributed by atoms with van der Waals surface area (Å²) in [6, 6.07) is 6.24. The van der Waals surface area contributed by atoms with Crippen molar-refractivity contribution in [2.24, 2.45) is 11.8 Å². The number of hydrogen-bond donors (Lipinski definition) is 7. The molecule has 101 heavy (non-hydrogen) atoms. The number of alkyl carbamates (subject to hydrolysis) is 2. The normalized spacial score (nSPS) is 28.0. The number of fused-ring (bicyclic) bond motifs is 6. The summed E-state index contributed by atoms with van der Waals surface area (Å²) in [6.45, 7) is 10.1. The molecule has 0 unspecified atom stereocenters. The Kier molecular flexibility index (Phi) is 23.0. The van der Waals surface area contributed by atoms with Gasteiger partial charge in [0.25, 0.3) is 17.2 Å². The number of allylic oxidation sites excluding steroid dienone is 2. The van der Waals surface area contributed by atoms with E-state index in [0.717, 1.165) is 31.4 Å². The zero-order chi connectivity index (χ0) is 73.0. The van der Waals surface area contributed by atoms with Crippen LogP contribution in [-0.2, 0) is 58.3 Å². The average Bonchev–Trinajstić information content (AvgIpc) is 1.58. The smallest absolute Gasteiger partial charge is 0.408 e. The van der Waals surface area contributed by atoms with E-state index >= 15 is 0 Å². The van der Waals surface area contributed by atoms with E-state index in [4.69, 9.17) is 44.1 Å². The molecular formula is C68H91ClN10O20S2. The third-order valence-electron chi connectivity index (χ3n) is 18.5. The molecule has 0 bridgehead atoms. The lowest BCUT2D eigenvalue weighted by molar-refractivity contribution is -0.141. The molecule has 4 aliphatic carbocycles. The molecule has 4 saturated carbocycles. The summed E-state index contributed by atoms with van der Waals surface area (Å²) in [5.74, 6) is -3.42. The van der Waals surface area contributed by atoms with Crippen LogP contribution in [0.15, 0.2) is 69.5 Å². The Morgan fingerprint density at radius 3 is 1.51 bits per heavy atom. The molecule has 4 aliphatic heterocycles. The molecule has 0 spiro atoms. The van der Waals surface area contributed by atoms with Crippen molar-refractivity contribution in [3.05, 3.63) is 66.1 Å². The molecular weight excluding hydrogens is 1380 g/mol. The molecule has 2 aromatic heterocycles. The zero-order valence-corrected chi connectivity index (χ0v) is 60.3.